The van der Waals surface area contributed by atoms with E-state index < -0.39 is 0 Å². The van der Waals surface area contributed by atoms with E-state index in [1.54, 1.807) is 50.7 Å². The number of halogens is 2. The van der Waals surface area contributed by atoms with Crippen LogP contribution >= 0.6 is 34.5 Å². The Morgan fingerprint density at radius 1 is 1.11 bits per heavy atom. The highest BCUT2D eigenvalue weighted by atomic mass is 35.5. The van der Waals surface area contributed by atoms with E-state index >= 15 is 0 Å². The van der Waals surface area contributed by atoms with Gasteiger partial charge < -0.3 is 4.90 Å². The monoisotopic (exact) mass is 434 g/mol. The fourth-order valence-corrected chi connectivity index (χ4v) is 3.68. The highest BCUT2D eigenvalue weighted by Crippen LogP contribution is 2.32. The van der Waals surface area contributed by atoms with Gasteiger partial charge in [0.2, 0.25) is 0 Å². The van der Waals surface area contributed by atoms with Gasteiger partial charge in [0.15, 0.2) is 5.13 Å². The first-order valence-electron chi connectivity index (χ1n) is 8.18. The first kappa shape index (κ1) is 20.3. The minimum absolute atomic E-state index is 0.223. The molecule has 0 saturated carbocycles. The standard InChI is InChI=1S/C19H16Cl2N4O2S/c1-10-12(6-7-15(22-10)18(27)25(2)3)17(26)24-19-23-16(9-28-19)13-5-4-11(20)8-14(13)21/h4-9H,1-3H3,(H,23,24,26). The minimum Gasteiger partial charge on any atom is -0.343 e. The van der Waals surface area contributed by atoms with Crippen molar-refractivity contribution in [2.24, 2.45) is 0 Å². The molecule has 9 heteroatoms. The van der Waals surface area contributed by atoms with Gasteiger partial charge in [-0.3, -0.25) is 14.9 Å². The molecule has 0 atom stereocenters. The van der Waals surface area contributed by atoms with E-state index in [0.29, 0.717) is 32.1 Å². The average molecular weight is 435 g/mol. The Morgan fingerprint density at radius 2 is 1.86 bits per heavy atom. The molecule has 0 spiro atoms. The van der Waals surface area contributed by atoms with E-state index in [-0.39, 0.29) is 17.5 Å². The van der Waals surface area contributed by atoms with E-state index in [0.717, 1.165) is 5.56 Å². The summed E-state index contributed by atoms with van der Waals surface area (Å²) >= 11 is 13.4. The summed E-state index contributed by atoms with van der Waals surface area (Å²) in [6.07, 6.45) is 0. The number of hydrogen-bond acceptors (Lipinski definition) is 5. The lowest BCUT2D eigenvalue weighted by atomic mass is 10.1. The van der Waals surface area contributed by atoms with Gasteiger partial charge in [-0.2, -0.15) is 0 Å². The molecular weight excluding hydrogens is 419 g/mol. The van der Waals surface area contributed by atoms with Crippen molar-refractivity contribution in [3.05, 3.63) is 62.7 Å². The molecule has 2 aromatic heterocycles. The number of thiazole rings is 1. The Bertz CT molecular complexity index is 1070. The van der Waals surface area contributed by atoms with Crippen LogP contribution < -0.4 is 5.32 Å². The van der Waals surface area contributed by atoms with Gasteiger partial charge in [-0.05, 0) is 37.3 Å². The highest BCUT2D eigenvalue weighted by molar-refractivity contribution is 7.14. The van der Waals surface area contributed by atoms with E-state index in [2.05, 4.69) is 15.3 Å². The maximum absolute atomic E-state index is 12.6. The topological polar surface area (TPSA) is 75.2 Å². The second-order valence-electron chi connectivity index (χ2n) is 6.15. The molecule has 28 heavy (non-hydrogen) atoms. The smallest absolute Gasteiger partial charge is 0.271 e. The Morgan fingerprint density at radius 3 is 2.50 bits per heavy atom. The third-order valence-corrected chi connectivity index (χ3v) is 5.19. The van der Waals surface area contributed by atoms with Gasteiger partial charge in [-0.15, -0.1) is 11.3 Å². The van der Waals surface area contributed by atoms with Crippen LogP contribution in [0.1, 0.15) is 26.5 Å². The van der Waals surface area contributed by atoms with Crippen LogP contribution in [0.4, 0.5) is 5.13 Å². The quantitative estimate of drug-likeness (QED) is 0.641. The fraction of sp³-hybridized carbons (Fsp3) is 0.158. The third kappa shape index (κ3) is 4.32. The summed E-state index contributed by atoms with van der Waals surface area (Å²) in [5.74, 6) is -0.573. The summed E-state index contributed by atoms with van der Waals surface area (Å²) in [5.41, 5.74) is 2.49. The molecule has 0 aliphatic carbocycles. The molecule has 2 heterocycles. The molecule has 2 amide bonds. The number of pyridine rings is 1. The number of carbonyl (C=O) groups is 2. The molecule has 0 aliphatic rings. The number of aromatic nitrogens is 2. The lowest BCUT2D eigenvalue weighted by Gasteiger charge is -2.11. The van der Waals surface area contributed by atoms with E-state index in [1.165, 1.54) is 22.3 Å². The Labute approximate surface area is 176 Å². The Balaban J connectivity index is 1.79. The summed E-state index contributed by atoms with van der Waals surface area (Å²) in [6.45, 7) is 1.68. The van der Waals surface area contributed by atoms with Gasteiger partial charge in [-0.25, -0.2) is 9.97 Å². The van der Waals surface area contributed by atoms with Gasteiger partial charge in [0.05, 0.1) is 22.0 Å². The summed E-state index contributed by atoms with van der Waals surface area (Å²) in [7, 11) is 3.29. The number of rotatable bonds is 4. The van der Waals surface area contributed by atoms with Crippen LogP contribution in [0.2, 0.25) is 10.0 Å². The van der Waals surface area contributed by atoms with Crippen molar-refractivity contribution in [1.29, 1.82) is 0 Å². The molecule has 0 bridgehead atoms. The van der Waals surface area contributed by atoms with Crippen LogP contribution in [0.25, 0.3) is 11.3 Å². The van der Waals surface area contributed by atoms with E-state index in [9.17, 15) is 9.59 Å². The number of benzene rings is 1. The molecule has 0 fully saturated rings. The molecule has 0 saturated heterocycles. The number of amides is 2. The van der Waals surface area contributed by atoms with Gasteiger partial charge in [-0.1, -0.05) is 23.2 Å². The second kappa shape index (κ2) is 8.26. The lowest BCUT2D eigenvalue weighted by molar-refractivity contribution is 0.0821. The van der Waals surface area contributed by atoms with Crippen LogP contribution in [-0.2, 0) is 0 Å². The van der Waals surface area contributed by atoms with Gasteiger partial charge >= 0.3 is 0 Å². The molecule has 0 unspecified atom stereocenters. The van der Waals surface area contributed by atoms with E-state index in [1.807, 2.05) is 0 Å². The second-order valence-corrected chi connectivity index (χ2v) is 7.85. The van der Waals surface area contributed by atoms with Gasteiger partial charge in [0.25, 0.3) is 11.8 Å². The van der Waals surface area contributed by atoms with Gasteiger partial charge in [0.1, 0.15) is 5.69 Å². The zero-order valence-corrected chi connectivity index (χ0v) is 17.6. The zero-order chi connectivity index (χ0) is 20.4. The Hall–Kier alpha value is -2.48. The van der Waals surface area contributed by atoms with Crippen molar-refractivity contribution in [2.45, 2.75) is 6.92 Å². The molecule has 3 aromatic rings. The molecule has 0 aliphatic heterocycles. The van der Waals surface area contributed by atoms with E-state index in [4.69, 9.17) is 23.2 Å². The zero-order valence-electron chi connectivity index (χ0n) is 15.3. The first-order chi connectivity index (χ1) is 13.3. The van der Waals surface area contributed by atoms with Crippen molar-refractivity contribution in [3.63, 3.8) is 0 Å². The SMILES string of the molecule is Cc1nc(C(=O)N(C)C)ccc1C(=O)Nc1nc(-c2ccc(Cl)cc2Cl)cs1. The van der Waals surface area contributed by atoms with Crippen LogP contribution in [-0.4, -0.2) is 40.8 Å². The maximum atomic E-state index is 12.6. The molecule has 1 aromatic carbocycles. The Kier molecular flexibility index (Phi) is 5.98. The summed E-state index contributed by atoms with van der Waals surface area (Å²) < 4.78 is 0. The van der Waals surface area contributed by atoms with Gasteiger partial charge in [0, 0.05) is 30.1 Å². The summed E-state index contributed by atoms with van der Waals surface area (Å²) in [6, 6.07) is 8.26. The molecule has 1 N–H and O–H groups in total. The highest BCUT2D eigenvalue weighted by Gasteiger charge is 2.17. The number of hydrogen-bond donors (Lipinski definition) is 1. The lowest BCUT2D eigenvalue weighted by Crippen LogP contribution is -2.23. The predicted molar refractivity (Wildman–Crippen MR) is 113 cm³/mol. The average Bonchev–Trinajstić information content (AvgIpc) is 3.08. The third-order valence-electron chi connectivity index (χ3n) is 3.89. The van der Waals surface area contributed by atoms with Crippen LogP contribution in [0.3, 0.4) is 0 Å². The fourth-order valence-electron chi connectivity index (χ4n) is 2.47. The number of nitrogens with one attached hydrogen (secondary N) is 1. The molecule has 6 nitrogen and oxygen atoms in total. The van der Waals surface area contributed by atoms with Crippen LogP contribution in [0, 0.1) is 6.92 Å². The van der Waals surface area contributed by atoms with Crippen molar-refractivity contribution in [2.75, 3.05) is 19.4 Å². The maximum Gasteiger partial charge on any atom is 0.271 e. The van der Waals surface area contributed by atoms with Crippen LogP contribution in [0.5, 0.6) is 0 Å². The largest absolute Gasteiger partial charge is 0.343 e. The number of nitrogens with zero attached hydrogens (tertiary/aromatic N) is 3. The number of anilines is 1. The first-order valence-corrected chi connectivity index (χ1v) is 9.81. The normalized spacial score (nSPS) is 10.6. The van der Waals surface area contributed by atoms with Crippen molar-refractivity contribution in [1.82, 2.24) is 14.9 Å². The van der Waals surface area contributed by atoms with Crippen molar-refractivity contribution < 1.29 is 9.59 Å². The number of aryl methyl sites for hydroxylation is 1. The molecule has 144 valence electrons. The number of carbonyl (C=O) groups excluding carboxylic acids is 2. The summed E-state index contributed by atoms with van der Waals surface area (Å²) in [4.78, 5) is 34.6. The van der Waals surface area contributed by atoms with Crippen LogP contribution in [0.15, 0.2) is 35.7 Å². The molecule has 3 rings (SSSR count). The minimum atomic E-state index is -0.350. The predicted octanol–water partition coefficient (Wildman–Crippen LogP) is 4.77. The molecule has 0 radical (unpaired) electrons. The van der Waals surface area contributed by atoms with Crippen molar-refractivity contribution in [3.8, 4) is 11.3 Å². The molecular formula is C19H16Cl2N4O2S. The summed E-state index contributed by atoms with van der Waals surface area (Å²) in [5, 5.41) is 6.01. The van der Waals surface area contributed by atoms with Crippen molar-refractivity contribution >= 4 is 51.5 Å².